The SMILES string of the molecule is O=c1c2cc3c(cc2nc2n1CCC/C2=N\Nc1ccccc1)OCO3. The summed E-state index contributed by atoms with van der Waals surface area (Å²) in [5, 5.41) is 5.04. The first-order chi connectivity index (χ1) is 12.8. The molecule has 0 fully saturated rings. The van der Waals surface area contributed by atoms with Gasteiger partial charge in [-0.2, -0.15) is 5.10 Å². The predicted octanol–water partition coefficient (Wildman–Crippen LogP) is 2.74. The quantitative estimate of drug-likeness (QED) is 0.721. The molecule has 0 saturated heterocycles. The summed E-state index contributed by atoms with van der Waals surface area (Å²) < 4.78 is 12.5. The molecule has 1 N–H and O–H groups in total. The van der Waals surface area contributed by atoms with Gasteiger partial charge in [0.2, 0.25) is 6.79 Å². The van der Waals surface area contributed by atoms with E-state index >= 15 is 0 Å². The van der Waals surface area contributed by atoms with Crippen molar-refractivity contribution in [2.75, 3.05) is 12.2 Å². The predicted molar refractivity (Wildman–Crippen MR) is 98.0 cm³/mol. The number of aromatic nitrogens is 2. The third-order valence-corrected chi connectivity index (χ3v) is 4.60. The molecule has 1 aromatic heterocycles. The van der Waals surface area contributed by atoms with E-state index in [1.807, 2.05) is 30.3 Å². The number of nitrogens with one attached hydrogen (secondary N) is 1. The first-order valence-electron chi connectivity index (χ1n) is 8.52. The Balaban J connectivity index is 1.62. The van der Waals surface area contributed by atoms with E-state index < -0.39 is 0 Å². The van der Waals surface area contributed by atoms with Crippen molar-refractivity contribution in [1.82, 2.24) is 9.55 Å². The fraction of sp³-hybridized carbons (Fsp3) is 0.211. The Morgan fingerprint density at radius 3 is 2.77 bits per heavy atom. The highest BCUT2D eigenvalue weighted by Crippen LogP contribution is 2.34. The van der Waals surface area contributed by atoms with Crippen LogP contribution in [0.25, 0.3) is 10.9 Å². The summed E-state index contributed by atoms with van der Waals surface area (Å²) in [4.78, 5) is 17.6. The van der Waals surface area contributed by atoms with Gasteiger partial charge in [-0.25, -0.2) is 4.98 Å². The highest BCUT2D eigenvalue weighted by atomic mass is 16.7. The summed E-state index contributed by atoms with van der Waals surface area (Å²) in [7, 11) is 0. The number of para-hydroxylation sites is 1. The molecular weight excluding hydrogens is 332 g/mol. The van der Waals surface area contributed by atoms with Gasteiger partial charge >= 0.3 is 0 Å². The Kier molecular flexibility index (Phi) is 3.38. The molecule has 3 aromatic rings. The number of hydrogen-bond donors (Lipinski definition) is 1. The maximum Gasteiger partial charge on any atom is 0.261 e. The molecule has 2 aliphatic rings. The van der Waals surface area contributed by atoms with Gasteiger partial charge in [-0.3, -0.25) is 14.8 Å². The Morgan fingerprint density at radius 2 is 1.92 bits per heavy atom. The van der Waals surface area contributed by atoms with Crippen molar-refractivity contribution < 1.29 is 9.47 Å². The van der Waals surface area contributed by atoms with E-state index in [-0.39, 0.29) is 12.4 Å². The minimum Gasteiger partial charge on any atom is -0.454 e. The van der Waals surface area contributed by atoms with Crippen molar-refractivity contribution in [2.45, 2.75) is 19.4 Å². The van der Waals surface area contributed by atoms with Crippen molar-refractivity contribution in [1.29, 1.82) is 0 Å². The van der Waals surface area contributed by atoms with Crippen LogP contribution in [0, 0.1) is 0 Å². The molecule has 7 heteroatoms. The topological polar surface area (TPSA) is 77.7 Å². The fourth-order valence-electron chi connectivity index (χ4n) is 3.31. The lowest BCUT2D eigenvalue weighted by atomic mass is 10.1. The van der Waals surface area contributed by atoms with Crippen LogP contribution in [-0.4, -0.2) is 22.1 Å². The number of benzene rings is 2. The Labute approximate surface area is 148 Å². The molecule has 2 aliphatic heterocycles. The summed E-state index contributed by atoms with van der Waals surface area (Å²) >= 11 is 0. The van der Waals surface area contributed by atoms with Crippen LogP contribution in [0.5, 0.6) is 11.5 Å². The molecule has 0 saturated carbocycles. The van der Waals surface area contributed by atoms with Crippen molar-refractivity contribution in [3.63, 3.8) is 0 Å². The van der Waals surface area contributed by atoms with Gasteiger partial charge in [-0.1, -0.05) is 18.2 Å². The highest BCUT2D eigenvalue weighted by Gasteiger charge is 2.23. The van der Waals surface area contributed by atoms with Gasteiger partial charge in [0, 0.05) is 12.6 Å². The van der Waals surface area contributed by atoms with Gasteiger partial charge in [-0.15, -0.1) is 0 Å². The van der Waals surface area contributed by atoms with Crippen LogP contribution in [0.3, 0.4) is 0 Å². The monoisotopic (exact) mass is 348 g/mol. The molecule has 5 rings (SSSR count). The van der Waals surface area contributed by atoms with Crippen LogP contribution in [0.4, 0.5) is 5.69 Å². The van der Waals surface area contributed by atoms with Crippen LogP contribution in [0.15, 0.2) is 52.4 Å². The van der Waals surface area contributed by atoms with E-state index in [4.69, 9.17) is 14.5 Å². The lowest BCUT2D eigenvalue weighted by Crippen LogP contribution is -2.32. The molecule has 2 aromatic carbocycles. The summed E-state index contributed by atoms with van der Waals surface area (Å²) in [6, 6.07) is 13.2. The number of hydrogen-bond acceptors (Lipinski definition) is 6. The summed E-state index contributed by atoms with van der Waals surface area (Å²) in [5.41, 5.74) is 5.24. The Bertz CT molecular complexity index is 1090. The van der Waals surface area contributed by atoms with E-state index in [2.05, 4.69) is 10.5 Å². The molecule has 0 radical (unpaired) electrons. The lowest BCUT2D eigenvalue weighted by molar-refractivity contribution is 0.174. The van der Waals surface area contributed by atoms with Crippen LogP contribution < -0.4 is 20.5 Å². The van der Waals surface area contributed by atoms with Crippen molar-refractivity contribution >= 4 is 22.3 Å². The van der Waals surface area contributed by atoms with Gasteiger partial charge in [-0.05, 0) is 31.0 Å². The van der Waals surface area contributed by atoms with E-state index in [0.717, 1.165) is 24.2 Å². The average molecular weight is 348 g/mol. The molecule has 0 bridgehead atoms. The average Bonchev–Trinajstić information content (AvgIpc) is 3.13. The van der Waals surface area contributed by atoms with E-state index in [0.29, 0.717) is 34.8 Å². The molecule has 0 amide bonds. The largest absolute Gasteiger partial charge is 0.454 e. The van der Waals surface area contributed by atoms with E-state index in [1.165, 1.54) is 0 Å². The fourth-order valence-corrected chi connectivity index (χ4v) is 3.31. The molecule has 0 aliphatic carbocycles. The standard InChI is InChI=1S/C19H16N4O3/c24-19-13-9-16-17(26-11-25-16)10-15(13)20-18-14(7-4-8-23(18)19)22-21-12-5-2-1-3-6-12/h1-3,5-6,9-10,21H,4,7-8,11H2/b22-14+. The van der Waals surface area contributed by atoms with Crippen molar-refractivity contribution in [3.05, 3.63) is 58.6 Å². The second-order valence-electron chi connectivity index (χ2n) is 6.25. The van der Waals surface area contributed by atoms with Crippen LogP contribution in [0.2, 0.25) is 0 Å². The van der Waals surface area contributed by atoms with Crippen molar-refractivity contribution in [3.8, 4) is 11.5 Å². The number of nitrogens with zero attached hydrogens (tertiary/aromatic N) is 3. The molecular formula is C19H16N4O3. The third kappa shape index (κ3) is 2.40. The van der Waals surface area contributed by atoms with Gasteiger partial charge in [0.15, 0.2) is 17.3 Å². The zero-order valence-electron chi connectivity index (χ0n) is 13.9. The molecule has 3 heterocycles. The lowest BCUT2D eigenvalue weighted by Gasteiger charge is -2.20. The molecule has 26 heavy (non-hydrogen) atoms. The molecule has 0 spiro atoms. The van der Waals surface area contributed by atoms with Gasteiger partial charge in [0.1, 0.15) is 5.71 Å². The Hall–Kier alpha value is -3.35. The van der Waals surface area contributed by atoms with Crippen LogP contribution in [-0.2, 0) is 6.54 Å². The molecule has 7 nitrogen and oxygen atoms in total. The van der Waals surface area contributed by atoms with Crippen LogP contribution >= 0.6 is 0 Å². The van der Waals surface area contributed by atoms with Gasteiger partial charge < -0.3 is 9.47 Å². The number of hydrazone groups is 1. The Morgan fingerprint density at radius 1 is 1.12 bits per heavy atom. The minimum absolute atomic E-state index is 0.0737. The first-order valence-corrected chi connectivity index (χ1v) is 8.52. The van der Waals surface area contributed by atoms with Gasteiger partial charge in [0.05, 0.1) is 16.6 Å². The number of ether oxygens (including phenoxy) is 2. The summed E-state index contributed by atoms with van der Waals surface area (Å²) in [5.74, 6) is 1.81. The molecule has 0 atom stereocenters. The van der Waals surface area contributed by atoms with Gasteiger partial charge in [0.25, 0.3) is 5.56 Å². The number of anilines is 1. The summed E-state index contributed by atoms with van der Waals surface area (Å²) in [6.45, 7) is 0.802. The maximum absolute atomic E-state index is 12.9. The number of fused-ring (bicyclic) bond motifs is 3. The minimum atomic E-state index is -0.0737. The van der Waals surface area contributed by atoms with E-state index in [9.17, 15) is 4.79 Å². The zero-order valence-corrected chi connectivity index (χ0v) is 13.9. The van der Waals surface area contributed by atoms with Crippen molar-refractivity contribution in [2.24, 2.45) is 5.10 Å². The number of rotatable bonds is 2. The van der Waals surface area contributed by atoms with E-state index in [1.54, 1.807) is 16.7 Å². The first kappa shape index (κ1) is 14.9. The van der Waals surface area contributed by atoms with Crippen LogP contribution in [0.1, 0.15) is 18.7 Å². The maximum atomic E-state index is 12.9. The third-order valence-electron chi connectivity index (χ3n) is 4.60. The molecule has 130 valence electrons. The zero-order chi connectivity index (χ0) is 17.5. The normalized spacial score (nSPS) is 16.7. The highest BCUT2D eigenvalue weighted by molar-refractivity contribution is 6.00. The molecule has 0 unspecified atom stereocenters. The second kappa shape index (κ2) is 5.87. The smallest absolute Gasteiger partial charge is 0.261 e. The second-order valence-corrected chi connectivity index (χ2v) is 6.25. The summed E-state index contributed by atoms with van der Waals surface area (Å²) in [6.07, 6.45) is 1.61.